The molecule has 0 atom stereocenters. The van der Waals surface area contributed by atoms with E-state index < -0.39 is 0 Å². The zero-order valence-corrected chi connectivity index (χ0v) is 8.08. The summed E-state index contributed by atoms with van der Waals surface area (Å²) in [7, 11) is 0. The normalized spacial score (nSPS) is 10.2. The van der Waals surface area contributed by atoms with Gasteiger partial charge in [0, 0.05) is 5.56 Å². The van der Waals surface area contributed by atoms with Crippen LogP contribution in [-0.2, 0) is 0 Å². The van der Waals surface area contributed by atoms with Gasteiger partial charge < -0.3 is 0 Å². The van der Waals surface area contributed by atoms with E-state index in [1.807, 2.05) is 0 Å². The second kappa shape index (κ2) is 3.35. The Kier molecular flexibility index (Phi) is 2.20. The summed E-state index contributed by atoms with van der Waals surface area (Å²) in [4.78, 5) is 4.07. The lowest BCUT2D eigenvalue weighted by atomic mass is 10.2. The Balaban J connectivity index is 2.47. The predicted molar refractivity (Wildman–Crippen MR) is 52.7 cm³/mol. The number of H-pyrrole nitrogens is 1. The first-order valence-electron chi connectivity index (χ1n) is 3.57. The molecule has 2 nitrogen and oxygen atoms in total. The second-order valence-corrected chi connectivity index (χ2v) is 3.88. The maximum atomic E-state index is 12.6. The van der Waals surface area contributed by atoms with Crippen LogP contribution in [0.2, 0.25) is 0 Å². The van der Waals surface area contributed by atoms with Crippen molar-refractivity contribution in [3.63, 3.8) is 0 Å². The molecule has 0 unspecified atom stereocenters. The highest BCUT2D eigenvalue weighted by molar-refractivity contribution is 7.73. The molecule has 13 heavy (non-hydrogen) atoms. The molecule has 0 bridgehead atoms. The zero-order valence-electron chi connectivity index (χ0n) is 6.45. The molecule has 0 aliphatic carbocycles. The van der Waals surface area contributed by atoms with Gasteiger partial charge in [0.05, 0.1) is 0 Å². The number of aromatic amines is 1. The smallest absolute Gasteiger partial charge is 0.198 e. The van der Waals surface area contributed by atoms with Crippen LogP contribution in [0.15, 0.2) is 24.3 Å². The third-order valence-electron chi connectivity index (χ3n) is 1.56. The molecule has 2 rings (SSSR count). The standard InChI is InChI=1S/C8H5FN2S2/c9-6-3-1-5(2-4-6)7-10-8(12)13-11-7/h1-4H,(H,10,11,12). The largest absolute Gasteiger partial charge is 0.293 e. The number of hydrogen-bond acceptors (Lipinski definition) is 3. The van der Waals surface area contributed by atoms with Crippen molar-refractivity contribution in [3.05, 3.63) is 34.0 Å². The van der Waals surface area contributed by atoms with E-state index in [2.05, 4.69) is 9.36 Å². The summed E-state index contributed by atoms with van der Waals surface area (Å²) in [6.45, 7) is 0. The van der Waals surface area contributed by atoms with E-state index in [-0.39, 0.29) is 5.82 Å². The number of halogens is 1. The van der Waals surface area contributed by atoms with Crippen molar-refractivity contribution in [2.24, 2.45) is 0 Å². The number of benzene rings is 1. The average Bonchev–Trinajstić information content (AvgIpc) is 2.53. The first-order valence-corrected chi connectivity index (χ1v) is 4.79. The van der Waals surface area contributed by atoms with E-state index in [1.54, 1.807) is 12.1 Å². The predicted octanol–water partition coefficient (Wildman–Crippen LogP) is 3.01. The summed E-state index contributed by atoms with van der Waals surface area (Å²) >= 11 is 6.15. The van der Waals surface area contributed by atoms with Gasteiger partial charge in [-0.2, -0.15) is 0 Å². The maximum Gasteiger partial charge on any atom is 0.198 e. The van der Waals surface area contributed by atoms with Gasteiger partial charge in [-0.3, -0.25) is 4.37 Å². The van der Waals surface area contributed by atoms with Crippen molar-refractivity contribution < 1.29 is 4.39 Å². The molecule has 0 saturated heterocycles. The average molecular weight is 212 g/mol. The topological polar surface area (TPSA) is 28.7 Å². The molecule has 0 aliphatic rings. The Morgan fingerprint density at radius 2 is 2.00 bits per heavy atom. The quantitative estimate of drug-likeness (QED) is 0.736. The molecule has 0 radical (unpaired) electrons. The summed E-state index contributed by atoms with van der Waals surface area (Å²) in [5, 5.41) is 0. The van der Waals surface area contributed by atoms with Crippen molar-refractivity contribution in [1.29, 1.82) is 0 Å². The summed E-state index contributed by atoms with van der Waals surface area (Å²) in [5.74, 6) is 0.438. The molecule has 0 amide bonds. The fourth-order valence-corrected chi connectivity index (χ4v) is 1.66. The molecule has 0 fully saturated rings. The van der Waals surface area contributed by atoms with Crippen LogP contribution in [0.5, 0.6) is 0 Å². The Morgan fingerprint density at radius 1 is 1.31 bits per heavy atom. The van der Waals surface area contributed by atoms with Crippen LogP contribution in [0, 0.1) is 9.77 Å². The van der Waals surface area contributed by atoms with Crippen LogP contribution in [0.25, 0.3) is 11.4 Å². The van der Waals surface area contributed by atoms with Gasteiger partial charge in [-0.25, -0.2) is 9.37 Å². The second-order valence-electron chi connectivity index (χ2n) is 2.44. The molecule has 0 aliphatic heterocycles. The van der Waals surface area contributed by atoms with Crippen molar-refractivity contribution in [1.82, 2.24) is 9.36 Å². The third-order valence-corrected chi connectivity index (χ3v) is 2.46. The molecule has 0 saturated carbocycles. The molecule has 2 aromatic rings. The van der Waals surface area contributed by atoms with Gasteiger partial charge in [-0.1, -0.05) is 0 Å². The van der Waals surface area contributed by atoms with Crippen molar-refractivity contribution in [2.75, 3.05) is 0 Å². The SMILES string of the molecule is Fc1ccc(-c2nc(=S)s[nH]2)cc1. The van der Waals surface area contributed by atoms with Crippen molar-refractivity contribution in [2.45, 2.75) is 0 Å². The van der Waals surface area contributed by atoms with Crippen LogP contribution in [0.3, 0.4) is 0 Å². The Labute approximate surface area is 83.2 Å². The van der Waals surface area contributed by atoms with Crippen molar-refractivity contribution in [3.8, 4) is 11.4 Å². The van der Waals surface area contributed by atoms with Crippen LogP contribution in [0.1, 0.15) is 0 Å². The molecule has 66 valence electrons. The van der Waals surface area contributed by atoms with E-state index in [4.69, 9.17) is 12.2 Å². The van der Waals surface area contributed by atoms with Gasteiger partial charge in [0.2, 0.25) is 0 Å². The van der Waals surface area contributed by atoms with E-state index in [0.717, 1.165) is 5.56 Å². The third kappa shape index (κ3) is 1.81. The van der Waals surface area contributed by atoms with Gasteiger partial charge in [0.15, 0.2) is 3.95 Å². The van der Waals surface area contributed by atoms with E-state index in [1.165, 1.54) is 23.7 Å². The molecular formula is C8H5FN2S2. The van der Waals surface area contributed by atoms with Gasteiger partial charge in [0.25, 0.3) is 0 Å². The fourth-order valence-electron chi connectivity index (χ4n) is 0.960. The molecule has 1 aromatic heterocycles. The summed E-state index contributed by atoms with van der Waals surface area (Å²) in [5.41, 5.74) is 0.841. The van der Waals surface area contributed by atoms with E-state index >= 15 is 0 Å². The number of aromatic nitrogens is 2. The highest BCUT2D eigenvalue weighted by atomic mass is 32.2. The van der Waals surface area contributed by atoms with E-state index in [9.17, 15) is 4.39 Å². The number of hydrogen-bond donors (Lipinski definition) is 1. The molecular weight excluding hydrogens is 207 g/mol. The van der Waals surface area contributed by atoms with Gasteiger partial charge in [0.1, 0.15) is 11.6 Å². The molecule has 5 heteroatoms. The lowest BCUT2D eigenvalue weighted by Gasteiger charge is -1.93. The van der Waals surface area contributed by atoms with Gasteiger partial charge in [-0.15, -0.1) is 0 Å². The first kappa shape index (κ1) is 8.52. The molecule has 1 N–H and O–H groups in total. The highest BCUT2D eigenvalue weighted by Crippen LogP contribution is 2.16. The molecule has 1 heterocycles. The minimum absolute atomic E-state index is 0.252. The maximum absolute atomic E-state index is 12.6. The summed E-state index contributed by atoms with van der Waals surface area (Å²) in [6, 6.07) is 6.11. The zero-order chi connectivity index (χ0) is 9.26. The lowest BCUT2D eigenvalue weighted by molar-refractivity contribution is 0.628. The summed E-state index contributed by atoms with van der Waals surface area (Å²) < 4.78 is 16.1. The van der Waals surface area contributed by atoms with Crippen LogP contribution >= 0.6 is 23.8 Å². The fraction of sp³-hybridized carbons (Fsp3) is 0. The van der Waals surface area contributed by atoms with Gasteiger partial charge in [-0.05, 0) is 48.0 Å². The lowest BCUT2D eigenvalue weighted by Crippen LogP contribution is -1.80. The Hall–Kier alpha value is -1.07. The number of nitrogens with zero attached hydrogens (tertiary/aromatic N) is 1. The number of nitrogens with one attached hydrogen (secondary N) is 1. The van der Waals surface area contributed by atoms with E-state index in [0.29, 0.717) is 9.78 Å². The monoisotopic (exact) mass is 212 g/mol. The van der Waals surface area contributed by atoms with Crippen LogP contribution < -0.4 is 0 Å². The van der Waals surface area contributed by atoms with Gasteiger partial charge >= 0.3 is 0 Å². The minimum Gasteiger partial charge on any atom is -0.293 e. The van der Waals surface area contributed by atoms with Crippen LogP contribution in [-0.4, -0.2) is 9.36 Å². The Bertz CT molecular complexity index is 457. The Morgan fingerprint density at radius 3 is 2.54 bits per heavy atom. The first-order chi connectivity index (χ1) is 6.25. The van der Waals surface area contributed by atoms with Crippen molar-refractivity contribution >= 4 is 23.8 Å². The highest BCUT2D eigenvalue weighted by Gasteiger charge is 2.00. The summed E-state index contributed by atoms with van der Waals surface area (Å²) in [6.07, 6.45) is 0. The molecule has 0 spiro atoms. The van der Waals surface area contributed by atoms with Crippen LogP contribution in [0.4, 0.5) is 4.39 Å². The molecule has 1 aromatic carbocycles. The number of rotatable bonds is 1. The minimum atomic E-state index is -0.252.